The van der Waals surface area contributed by atoms with Gasteiger partial charge >= 0.3 is 5.92 Å². The first kappa shape index (κ1) is 32.9. The van der Waals surface area contributed by atoms with Crippen LogP contribution in [0.25, 0.3) is 21.9 Å². The smallest absolute Gasteiger partial charge is 0.301 e. The van der Waals surface area contributed by atoms with Crippen molar-refractivity contribution in [2.75, 3.05) is 13.1 Å². The number of aliphatic hydroxyl groups excluding tert-OH is 1. The second-order valence-electron chi connectivity index (χ2n) is 12.5. The maximum absolute atomic E-state index is 16.3. The first-order valence-electron chi connectivity index (χ1n) is 16.1. The fourth-order valence-corrected chi connectivity index (χ4v) is 6.49. The van der Waals surface area contributed by atoms with Crippen molar-refractivity contribution in [2.24, 2.45) is 5.73 Å². The molecule has 0 bridgehead atoms. The topological polar surface area (TPSA) is 105 Å². The Hall–Kier alpha value is -4.05. The lowest BCUT2D eigenvalue weighted by molar-refractivity contribution is -0.152. The first-order valence-corrected chi connectivity index (χ1v) is 16.4. The molecule has 7 nitrogen and oxygen atoms in total. The Bertz CT molecular complexity index is 1720. The van der Waals surface area contributed by atoms with Crippen molar-refractivity contribution in [3.63, 3.8) is 0 Å². The number of fused-ring (bicyclic) bond motifs is 1. The molecule has 2 atom stereocenters. The summed E-state index contributed by atoms with van der Waals surface area (Å²) in [7, 11) is 0. The average Bonchev–Trinajstić information content (AvgIpc) is 3.60. The Kier molecular flexibility index (Phi) is 9.77. The van der Waals surface area contributed by atoms with Gasteiger partial charge in [-0.25, -0.2) is 0 Å². The van der Waals surface area contributed by atoms with E-state index < -0.39 is 35.4 Å². The summed E-state index contributed by atoms with van der Waals surface area (Å²) < 4.78 is 38.7. The molecule has 0 unspecified atom stereocenters. The minimum absolute atomic E-state index is 0.131. The van der Waals surface area contributed by atoms with Crippen LogP contribution < -0.4 is 15.8 Å². The van der Waals surface area contributed by atoms with Gasteiger partial charge in [0.1, 0.15) is 5.75 Å². The predicted molar refractivity (Wildman–Crippen MR) is 178 cm³/mol. The van der Waals surface area contributed by atoms with Crippen molar-refractivity contribution in [1.29, 1.82) is 0 Å². The standard InChI is InChI=1S/C37H38ClF2N3O4/c38-29-14-9-24(10-15-29)23-7-12-28(13-8-23)37(39,40)34(36(46)43-19-17-30(41)18-20-43)42-35(45)33(44)27-6-5-26-22-32(16-11-25(26)21-27)47-31-3-1-2-4-31/h5-16,21-22,30-31,33-34,44H,1-4,17-20,41H2,(H,42,45)/t33-,34-/m0/s1. The van der Waals surface area contributed by atoms with E-state index in [9.17, 15) is 14.7 Å². The molecule has 1 saturated heterocycles. The van der Waals surface area contributed by atoms with Crippen molar-refractivity contribution in [2.45, 2.75) is 68.7 Å². The number of carbonyl (C=O) groups excluding carboxylic acids is 2. The fraction of sp³-hybridized carbons (Fsp3) is 0.351. The summed E-state index contributed by atoms with van der Waals surface area (Å²) in [6, 6.07) is 20.7. The molecule has 1 saturated carbocycles. The second kappa shape index (κ2) is 14.0. The van der Waals surface area contributed by atoms with Crippen LogP contribution in [0, 0.1) is 0 Å². The van der Waals surface area contributed by atoms with E-state index in [-0.39, 0.29) is 30.8 Å². The number of benzene rings is 4. The normalized spacial score (nSPS) is 17.4. The molecule has 1 aliphatic carbocycles. The molecule has 0 radical (unpaired) electrons. The fourth-order valence-electron chi connectivity index (χ4n) is 6.36. The highest BCUT2D eigenvalue weighted by Gasteiger charge is 2.49. The second-order valence-corrected chi connectivity index (χ2v) is 12.9. The number of likely N-dealkylation sites (tertiary alicyclic amines) is 1. The van der Waals surface area contributed by atoms with Gasteiger partial charge in [0, 0.05) is 29.7 Å². The molecule has 1 heterocycles. The highest BCUT2D eigenvalue weighted by atomic mass is 35.5. The third kappa shape index (κ3) is 7.43. The number of carbonyl (C=O) groups is 2. The maximum atomic E-state index is 16.3. The van der Waals surface area contributed by atoms with Gasteiger partial charge in [-0.2, -0.15) is 8.78 Å². The molecule has 1 aliphatic heterocycles. The van der Waals surface area contributed by atoms with Gasteiger partial charge < -0.3 is 25.8 Å². The highest BCUT2D eigenvalue weighted by molar-refractivity contribution is 6.30. The van der Waals surface area contributed by atoms with Gasteiger partial charge in [0.05, 0.1) is 6.10 Å². The molecule has 0 spiro atoms. The van der Waals surface area contributed by atoms with Crippen LogP contribution in [-0.4, -0.2) is 53.1 Å². The van der Waals surface area contributed by atoms with E-state index in [1.807, 2.05) is 18.2 Å². The molecule has 4 N–H and O–H groups in total. The van der Waals surface area contributed by atoms with Crippen LogP contribution in [0.4, 0.5) is 8.78 Å². The van der Waals surface area contributed by atoms with Gasteiger partial charge in [-0.05, 0) is 96.3 Å². The van der Waals surface area contributed by atoms with E-state index in [0.717, 1.165) is 47.8 Å². The minimum Gasteiger partial charge on any atom is -0.490 e. The van der Waals surface area contributed by atoms with E-state index >= 15 is 8.78 Å². The van der Waals surface area contributed by atoms with E-state index in [4.69, 9.17) is 22.1 Å². The summed E-state index contributed by atoms with van der Waals surface area (Å²) in [5, 5.41) is 15.4. The molecule has 4 aromatic rings. The van der Waals surface area contributed by atoms with Crippen LogP contribution in [-0.2, 0) is 15.5 Å². The Labute approximate surface area is 277 Å². The number of nitrogens with one attached hydrogen (secondary N) is 1. The summed E-state index contributed by atoms with van der Waals surface area (Å²) in [5.74, 6) is -5.09. The van der Waals surface area contributed by atoms with Gasteiger partial charge in [0.15, 0.2) is 12.1 Å². The van der Waals surface area contributed by atoms with E-state index in [0.29, 0.717) is 23.4 Å². The number of halogens is 3. The molecule has 0 aromatic heterocycles. The van der Waals surface area contributed by atoms with Crippen LogP contribution >= 0.6 is 11.6 Å². The number of nitrogens with two attached hydrogens (primary N) is 1. The van der Waals surface area contributed by atoms with Crippen molar-refractivity contribution in [3.05, 3.63) is 101 Å². The highest BCUT2D eigenvalue weighted by Crippen LogP contribution is 2.36. The number of alkyl halides is 2. The summed E-state index contributed by atoms with van der Waals surface area (Å²) in [5.41, 5.74) is 7.22. The summed E-state index contributed by atoms with van der Waals surface area (Å²) >= 11 is 5.98. The van der Waals surface area contributed by atoms with Gasteiger partial charge in [-0.3, -0.25) is 9.59 Å². The number of amides is 2. The van der Waals surface area contributed by atoms with Gasteiger partial charge in [0.25, 0.3) is 11.8 Å². The molecule has 4 aromatic carbocycles. The molecule has 10 heteroatoms. The molecule has 2 fully saturated rings. The number of aliphatic hydroxyl groups is 1. The number of ether oxygens (including phenoxy) is 1. The molecule has 47 heavy (non-hydrogen) atoms. The summed E-state index contributed by atoms with van der Waals surface area (Å²) in [4.78, 5) is 28.4. The number of piperidine rings is 1. The van der Waals surface area contributed by atoms with E-state index in [1.54, 1.807) is 42.5 Å². The zero-order valence-electron chi connectivity index (χ0n) is 25.9. The SMILES string of the molecule is NC1CCN(C(=O)[C@H](NC(=O)[C@@H](O)c2ccc3cc(OC4CCCC4)ccc3c2)C(F)(F)c2ccc(-c3ccc(Cl)cc3)cc2)CC1. The van der Waals surface area contributed by atoms with Gasteiger partial charge in [-0.15, -0.1) is 0 Å². The minimum atomic E-state index is -3.80. The maximum Gasteiger partial charge on any atom is 0.301 e. The molecule has 2 aliphatic rings. The molecular weight excluding hydrogens is 624 g/mol. The monoisotopic (exact) mass is 661 g/mol. The number of hydrogen-bond acceptors (Lipinski definition) is 5. The number of nitrogens with zero attached hydrogens (tertiary/aromatic N) is 1. The zero-order valence-corrected chi connectivity index (χ0v) is 26.6. The Morgan fingerprint density at radius 1 is 0.872 bits per heavy atom. The third-order valence-corrected chi connectivity index (χ3v) is 9.45. The Morgan fingerprint density at radius 2 is 1.47 bits per heavy atom. The average molecular weight is 662 g/mol. The van der Waals surface area contributed by atoms with Crippen LogP contribution in [0.3, 0.4) is 0 Å². The molecule has 6 rings (SSSR count). The van der Waals surface area contributed by atoms with Crippen molar-refractivity contribution in [3.8, 4) is 16.9 Å². The lowest BCUT2D eigenvalue weighted by Crippen LogP contribution is -2.58. The van der Waals surface area contributed by atoms with Crippen molar-refractivity contribution < 1.29 is 28.2 Å². The predicted octanol–water partition coefficient (Wildman–Crippen LogP) is 6.74. The largest absolute Gasteiger partial charge is 0.490 e. The quantitative estimate of drug-likeness (QED) is 0.184. The van der Waals surface area contributed by atoms with Crippen LogP contribution in [0.15, 0.2) is 84.9 Å². The summed E-state index contributed by atoms with van der Waals surface area (Å²) in [6.45, 7) is 0.384. The van der Waals surface area contributed by atoms with Gasteiger partial charge in [-0.1, -0.05) is 66.2 Å². The Morgan fingerprint density at radius 3 is 2.13 bits per heavy atom. The molecule has 246 valence electrons. The summed E-state index contributed by atoms with van der Waals surface area (Å²) in [6.07, 6.45) is 3.70. The van der Waals surface area contributed by atoms with Crippen molar-refractivity contribution in [1.82, 2.24) is 10.2 Å². The number of rotatable bonds is 9. The van der Waals surface area contributed by atoms with Crippen LogP contribution in [0.1, 0.15) is 55.8 Å². The van der Waals surface area contributed by atoms with Crippen LogP contribution in [0.2, 0.25) is 5.02 Å². The van der Waals surface area contributed by atoms with Crippen LogP contribution in [0.5, 0.6) is 5.75 Å². The molecular formula is C37H38ClF2N3O4. The van der Waals surface area contributed by atoms with Crippen molar-refractivity contribution >= 4 is 34.2 Å². The van der Waals surface area contributed by atoms with Gasteiger partial charge in [0.2, 0.25) is 0 Å². The lowest BCUT2D eigenvalue weighted by atomic mass is 9.95. The molecule has 2 amide bonds. The number of hydrogen-bond donors (Lipinski definition) is 3. The zero-order chi connectivity index (χ0) is 33.1. The Balaban J connectivity index is 1.23. The van der Waals surface area contributed by atoms with E-state index in [2.05, 4.69) is 5.32 Å². The first-order chi connectivity index (χ1) is 22.6. The van der Waals surface area contributed by atoms with E-state index in [1.165, 1.54) is 29.2 Å². The lowest BCUT2D eigenvalue weighted by Gasteiger charge is -2.36. The third-order valence-electron chi connectivity index (χ3n) is 9.20.